The van der Waals surface area contributed by atoms with Crippen LogP contribution in [0, 0.1) is 0 Å². The number of ether oxygens (including phenoxy) is 1. The molecule has 0 aliphatic heterocycles. The maximum atomic E-state index is 12.0. The molecule has 2 unspecified atom stereocenters. The summed E-state index contributed by atoms with van der Waals surface area (Å²) in [5, 5.41) is 0. The van der Waals surface area contributed by atoms with Crippen molar-refractivity contribution in [3.63, 3.8) is 0 Å². The zero-order valence-electron chi connectivity index (χ0n) is 11.0. The van der Waals surface area contributed by atoms with Crippen molar-refractivity contribution < 1.29 is 8.95 Å². The Labute approximate surface area is 105 Å². The molecule has 1 aromatic heterocycles. The van der Waals surface area contributed by atoms with Gasteiger partial charge in [-0.3, -0.25) is 4.98 Å². The third kappa shape index (κ3) is 3.78. The highest BCUT2D eigenvalue weighted by molar-refractivity contribution is 7.84. The fourth-order valence-electron chi connectivity index (χ4n) is 1.29. The Kier molecular flexibility index (Phi) is 4.65. The molecule has 4 nitrogen and oxygen atoms in total. The fourth-order valence-corrected chi connectivity index (χ4v) is 2.08. The minimum atomic E-state index is -1.12. The molecule has 0 spiro atoms. The molecule has 0 aliphatic rings. The van der Waals surface area contributed by atoms with Crippen LogP contribution in [-0.2, 0) is 11.0 Å². The second kappa shape index (κ2) is 5.60. The smallest absolute Gasteiger partial charge is 0.142 e. The molecule has 1 N–H and O–H groups in total. The molecule has 1 heterocycles. The standard InChI is InChI=1S/C12H20N2O2S/c1-9(14-17(15)12(2,3)4)11-10(16-5)7-6-8-13-11/h6-9,14H,1-5H3. The summed E-state index contributed by atoms with van der Waals surface area (Å²) in [5.74, 6) is 0.707. The van der Waals surface area contributed by atoms with E-state index in [1.165, 1.54) is 0 Å². The summed E-state index contributed by atoms with van der Waals surface area (Å²) in [7, 11) is 0.481. The lowest BCUT2D eigenvalue weighted by Gasteiger charge is -2.22. The lowest BCUT2D eigenvalue weighted by Crippen LogP contribution is -2.35. The summed E-state index contributed by atoms with van der Waals surface area (Å²) in [5.41, 5.74) is 0.771. The Morgan fingerprint density at radius 2 is 2.12 bits per heavy atom. The van der Waals surface area contributed by atoms with Crippen molar-refractivity contribution in [1.82, 2.24) is 9.71 Å². The number of aromatic nitrogens is 1. The molecule has 1 rings (SSSR count). The van der Waals surface area contributed by atoms with Gasteiger partial charge >= 0.3 is 0 Å². The van der Waals surface area contributed by atoms with Gasteiger partial charge in [-0.25, -0.2) is 8.93 Å². The molecule has 5 heteroatoms. The van der Waals surface area contributed by atoms with E-state index in [-0.39, 0.29) is 10.8 Å². The van der Waals surface area contributed by atoms with Gasteiger partial charge in [0.15, 0.2) is 0 Å². The molecule has 1 aromatic rings. The van der Waals surface area contributed by atoms with Crippen molar-refractivity contribution in [3.8, 4) is 5.75 Å². The Morgan fingerprint density at radius 1 is 1.47 bits per heavy atom. The lowest BCUT2D eigenvalue weighted by atomic mass is 10.2. The van der Waals surface area contributed by atoms with E-state index >= 15 is 0 Å². The molecule has 0 radical (unpaired) electrons. The largest absolute Gasteiger partial charge is 0.495 e. The van der Waals surface area contributed by atoms with Crippen LogP contribution < -0.4 is 9.46 Å². The Morgan fingerprint density at radius 3 is 2.65 bits per heavy atom. The molecule has 0 bridgehead atoms. The zero-order chi connectivity index (χ0) is 13.1. The van der Waals surface area contributed by atoms with Gasteiger partial charge in [0.1, 0.15) is 5.75 Å². The fraction of sp³-hybridized carbons (Fsp3) is 0.583. The van der Waals surface area contributed by atoms with Crippen molar-refractivity contribution >= 4 is 11.0 Å². The highest BCUT2D eigenvalue weighted by Crippen LogP contribution is 2.23. The van der Waals surface area contributed by atoms with Gasteiger partial charge in [0.2, 0.25) is 0 Å². The highest BCUT2D eigenvalue weighted by Gasteiger charge is 2.23. The molecule has 0 saturated carbocycles. The predicted molar refractivity (Wildman–Crippen MR) is 70.2 cm³/mol. The van der Waals surface area contributed by atoms with E-state index < -0.39 is 11.0 Å². The summed E-state index contributed by atoms with van der Waals surface area (Å²) >= 11 is 0. The first-order chi connectivity index (χ1) is 7.86. The van der Waals surface area contributed by atoms with Crippen molar-refractivity contribution in [1.29, 1.82) is 0 Å². The molecule has 0 aliphatic carbocycles. The summed E-state index contributed by atoms with van der Waals surface area (Å²) in [6, 6.07) is 3.54. The molecule has 0 amide bonds. The molecule has 0 saturated heterocycles. The maximum Gasteiger partial charge on any atom is 0.142 e. The zero-order valence-corrected chi connectivity index (χ0v) is 11.8. The molecule has 2 atom stereocenters. The van der Waals surface area contributed by atoms with Crippen LogP contribution in [-0.4, -0.2) is 21.0 Å². The SMILES string of the molecule is COc1cccnc1C(C)NS(=O)C(C)(C)C. The molecular formula is C12H20N2O2S. The number of nitrogens with zero attached hydrogens (tertiary/aromatic N) is 1. The van der Waals surface area contributed by atoms with Crippen LogP contribution in [0.2, 0.25) is 0 Å². The summed E-state index contributed by atoms with van der Waals surface area (Å²) < 4.78 is 20.0. The van der Waals surface area contributed by atoms with Gasteiger partial charge in [0.25, 0.3) is 0 Å². The Bertz CT molecular complexity index is 402. The van der Waals surface area contributed by atoms with Crippen LogP contribution in [0.4, 0.5) is 0 Å². The van der Waals surface area contributed by atoms with E-state index in [2.05, 4.69) is 9.71 Å². The first kappa shape index (κ1) is 14.1. The maximum absolute atomic E-state index is 12.0. The van der Waals surface area contributed by atoms with Gasteiger partial charge in [-0.05, 0) is 39.8 Å². The van der Waals surface area contributed by atoms with Gasteiger partial charge in [0.05, 0.1) is 34.6 Å². The first-order valence-corrected chi connectivity index (χ1v) is 6.68. The van der Waals surface area contributed by atoms with E-state index in [9.17, 15) is 4.21 Å². The lowest BCUT2D eigenvalue weighted by molar-refractivity contribution is 0.402. The summed E-state index contributed by atoms with van der Waals surface area (Å²) in [4.78, 5) is 4.26. The number of hydrogen-bond acceptors (Lipinski definition) is 3. The number of nitrogens with one attached hydrogen (secondary N) is 1. The van der Waals surface area contributed by atoms with Crippen molar-refractivity contribution in [2.45, 2.75) is 38.5 Å². The number of methoxy groups -OCH3 is 1. The third-order valence-electron chi connectivity index (χ3n) is 2.27. The predicted octanol–water partition coefficient (Wildman–Crippen LogP) is 2.20. The van der Waals surface area contributed by atoms with Crippen LogP contribution in [0.15, 0.2) is 18.3 Å². The molecule has 17 heavy (non-hydrogen) atoms. The summed E-state index contributed by atoms with van der Waals surface area (Å²) in [6.07, 6.45) is 1.70. The van der Waals surface area contributed by atoms with E-state index in [1.54, 1.807) is 13.3 Å². The second-order valence-electron chi connectivity index (χ2n) is 4.81. The molecule has 96 valence electrons. The average molecular weight is 256 g/mol. The monoisotopic (exact) mass is 256 g/mol. The molecule has 0 aromatic carbocycles. The normalized spacial score (nSPS) is 15.4. The average Bonchev–Trinajstić information content (AvgIpc) is 2.27. The minimum Gasteiger partial charge on any atom is -0.495 e. The topological polar surface area (TPSA) is 51.2 Å². The number of rotatable bonds is 4. The quantitative estimate of drug-likeness (QED) is 0.898. The molecule has 0 fully saturated rings. The van der Waals surface area contributed by atoms with Crippen molar-refractivity contribution in [2.75, 3.05) is 7.11 Å². The Hall–Kier alpha value is -0.940. The van der Waals surface area contributed by atoms with E-state index in [0.717, 1.165) is 5.69 Å². The highest BCUT2D eigenvalue weighted by atomic mass is 32.2. The summed E-state index contributed by atoms with van der Waals surface area (Å²) in [6.45, 7) is 7.71. The number of hydrogen-bond donors (Lipinski definition) is 1. The van der Waals surface area contributed by atoms with Gasteiger partial charge in [-0.2, -0.15) is 0 Å². The third-order valence-corrected chi connectivity index (χ3v) is 3.95. The van der Waals surface area contributed by atoms with Crippen molar-refractivity contribution in [2.24, 2.45) is 0 Å². The van der Waals surface area contributed by atoms with E-state index in [0.29, 0.717) is 5.75 Å². The van der Waals surface area contributed by atoms with E-state index in [4.69, 9.17) is 4.74 Å². The molecular weight excluding hydrogens is 236 g/mol. The second-order valence-corrected chi connectivity index (χ2v) is 6.81. The van der Waals surface area contributed by atoms with Gasteiger partial charge in [-0.15, -0.1) is 0 Å². The van der Waals surface area contributed by atoms with Crippen LogP contribution in [0.3, 0.4) is 0 Å². The van der Waals surface area contributed by atoms with Gasteiger partial charge in [0, 0.05) is 6.20 Å². The van der Waals surface area contributed by atoms with Crippen LogP contribution in [0.5, 0.6) is 5.75 Å². The van der Waals surface area contributed by atoms with Crippen LogP contribution in [0.1, 0.15) is 39.4 Å². The Balaban J connectivity index is 2.83. The number of pyridine rings is 1. The van der Waals surface area contributed by atoms with Gasteiger partial charge in [-0.1, -0.05) is 0 Å². The minimum absolute atomic E-state index is 0.119. The first-order valence-electron chi connectivity index (χ1n) is 5.53. The van der Waals surface area contributed by atoms with E-state index in [1.807, 2.05) is 39.8 Å². The van der Waals surface area contributed by atoms with Gasteiger partial charge < -0.3 is 4.74 Å². The van der Waals surface area contributed by atoms with Crippen LogP contribution >= 0.6 is 0 Å². The van der Waals surface area contributed by atoms with Crippen LogP contribution in [0.25, 0.3) is 0 Å². The van der Waals surface area contributed by atoms with Crippen molar-refractivity contribution in [3.05, 3.63) is 24.0 Å².